The molecule has 0 aromatic carbocycles. The van der Waals surface area contributed by atoms with Crippen LogP contribution < -0.4 is 10.2 Å². The summed E-state index contributed by atoms with van der Waals surface area (Å²) in [4.78, 5) is 14.4. The Hall–Kier alpha value is -1.27. The molecule has 100 valence electrons. The third kappa shape index (κ3) is 2.84. The fourth-order valence-electron chi connectivity index (χ4n) is 2.25. The molecule has 0 bridgehead atoms. The summed E-state index contributed by atoms with van der Waals surface area (Å²) in [5, 5.41) is 2.59. The molecule has 2 saturated heterocycles. The highest BCUT2D eigenvalue weighted by molar-refractivity contribution is 8.26. The second kappa shape index (κ2) is 5.38. The molecule has 2 aliphatic heterocycles. The Morgan fingerprint density at radius 2 is 2.11 bits per heavy atom. The molecule has 2 aliphatic rings. The molecule has 1 N–H and O–H groups in total. The summed E-state index contributed by atoms with van der Waals surface area (Å²) in [5.74, 6) is 1.44. The van der Waals surface area contributed by atoms with E-state index in [0.717, 1.165) is 19.0 Å². The third-order valence-corrected chi connectivity index (χ3v) is 4.36. The van der Waals surface area contributed by atoms with Crippen LogP contribution in [0.25, 0.3) is 6.08 Å². The van der Waals surface area contributed by atoms with Crippen molar-refractivity contribution in [2.24, 2.45) is 0 Å². The van der Waals surface area contributed by atoms with Crippen molar-refractivity contribution in [2.75, 3.05) is 18.0 Å². The van der Waals surface area contributed by atoms with Gasteiger partial charge in [0.2, 0.25) is 0 Å². The molecule has 1 amide bonds. The minimum Gasteiger partial charge on any atom is -0.441 e. The number of rotatable bonds is 2. The van der Waals surface area contributed by atoms with Crippen LogP contribution in [0.2, 0.25) is 0 Å². The van der Waals surface area contributed by atoms with Gasteiger partial charge >= 0.3 is 0 Å². The maximum atomic E-state index is 11.6. The van der Waals surface area contributed by atoms with Crippen molar-refractivity contribution < 1.29 is 9.21 Å². The van der Waals surface area contributed by atoms with E-state index < -0.39 is 0 Å². The van der Waals surface area contributed by atoms with Gasteiger partial charge in [0.15, 0.2) is 5.88 Å². The van der Waals surface area contributed by atoms with E-state index in [0.29, 0.717) is 15.0 Å². The number of hydrogen-bond acceptors (Lipinski definition) is 5. The van der Waals surface area contributed by atoms with Crippen LogP contribution in [0.15, 0.2) is 21.5 Å². The summed E-state index contributed by atoms with van der Waals surface area (Å²) in [6, 6.07) is 3.86. The van der Waals surface area contributed by atoms with Gasteiger partial charge in [0.25, 0.3) is 5.91 Å². The number of amides is 1. The van der Waals surface area contributed by atoms with Gasteiger partial charge in [-0.25, -0.2) is 0 Å². The van der Waals surface area contributed by atoms with Crippen LogP contribution >= 0.6 is 24.0 Å². The number of thiocarbonyl (C=S) groups is 1. The van der Waals surface area contributed by atoms with Gasteiger partial charge in [-0.1, -0.05) is 24.0 Å². The average molecular weight is 294 g/mol. The number of carbonyl (C=O) groups is 1. The van der Waals surface area contributed by atoms with E-state index in [1.54, 1.807) is 6.08 Å². The summed E-state index contributed by atoms with van der Waals surface area (Å²) < 4.78 is 6.28. The molecule has 3 heterocycles. The summed E-state index contributed by atoms with van der Waals surface area (Å²) in [7, 11) is 0. The van der Waals surface area contributed by atoms with Gasteiger partial charge in [-0.05, 0) is 25.3 Å². The Labute approximate surface area is 121 Å². The topological polar surface area (TPSA) is 45.5 Å². The second-order valence-electron chi connectivity index (χ2n) is 4.58. The lowest BCUT2D eigenvalue weighted by Crippen LogP contribution is -2.28. The molecule has 0 spiro atoms. The van der Waals surface area contributed by atoms with Gasteiger partial charge in [-0.3, -0.25) is 4.79 Å². The highest BCUT2D eigenvalue weighted by Gasteiger charge is 2.22. The van der Waals surface area contributed by atoms with Crippen LogP contribution in [-0.2, 0) is 4.79 Å². The zero-order valence-corrected chi connectivity index (χ0v) is 12.0. The summed E-state index contributed by atoms with van der Waals surface area (Å²) in [5.41, 5.74) is 0. The number of piperidine rings is 1. The van der Waals surface area contributed by atoms with Crippen molar-refractivity contribution >= 4 is 46.2 Å². The van der Waals surface area contributed by atoms with Gasteiger partial charge in [0.05, 0.1) is 4.91 Å². The lowest BCUT2D eigenvalue weighted by Gasteiger charge is -2.25. The molecule has 6 heteroatoms. The summed E-state index contributed by atoms with van der Waals surface area (Å²) >= 11 is 6.22. The molecular weight excluding hydrogens is 280 g/mol. The van der Waals surface area contributed by atoms with Crippen molar-refractivity contribution in [2.45, 2.75) is 19.3 Å². The quantitative estimate of drug-likeness (QED) is 0.671. The molecule has 19 heavy (non-hydrogen) atoms. The maximum Gasteiger partial charge on any atom is 0.263 e. The van der Waals surface area contributed by atoms with Crippen LogP contribution in [0.3, 0.4) is 0 Å². The van der Waals surface area contributed by atoms with Crippen molar-refractivity contribution in [1.82, 2.24) is 5.32 Å². The fourth-order valence-corrected chi connectivity index (χ4v) is 3.28. The maximum absolute atomic E-state index is 11.6. The molecule has 0 aliphatic carbocycles. The minimum atomic E-state index is -0.147. The van der Waals surface area contributed by atoms with Crippen LogP contribution in [0.4, 0.5) is 5.88 Å². The number of furan rings is 1. The largest absolute Gasteiger partial charge is 0.441 e. The molecule has 0 unspecified atom stereocenters. The Morgan fingerprint density at radius 1 is 1.32 bits per heavy atom. The highest BCUT2D eigenvalue weighted by Crippen LogP contribution is 2.28. The molecule has 3 rings (SSSR count). The van der Waals surface area contributed by atoms with Crippen LogP contribution in [0.5, 0.6) is 0 Å². The molecular formula is C13H14N2O2S2. The third-order valence-electron chi connectivity index (χ3n) is 3.20. The molecule has 0 radical (unpaired) electrons. The normalized spacial score (nSPS) is 22.1. The van der Waals surface area contributed by atoms with Gasteiger partial charge in [-0.2, -0.15) is 0 Å². The number of carbonyl (C=O) groups excluding carboxylic acids is 1. The lowest BCUT2D eigenvalue weighted by atomic mass is 10.1. The standard InChI is InChI=1S/C13H14N2O2S2/c16-12-10(19-13(18)14-12)8-9-4-5-11(17-9)15-6-2-1-3-7-15/h4-5,8H,1-3,6-7H2,(H,14,16,18)/b10-8-. The van der Waals surface area contributed by atoms with E-state index in [2.05, 4.69) is 10.2 Å². The molecule has 1 aromatic rings. The summed E-state index contributed by atoms with van der Waals surface area (Å²) in [6.45, 7) is 2.09. The fraction of sp³-hybridized carbons (Fsp3) is 0.385. The first kappa shape index (κ1) is 12.7. The molecule has 4 nitrogen and oxygen atoms in total. The van der Waals surface area contributed by atoms with E-state index in [1.807, 2.05) is 12.1 Å². The van der Waals surface area contributed by atoms with Crippen molar-refractivity contribution in [3.8, 4) is 0 Å². The monoisotopic (exact) mass is 294 g/mol. The van der Waals surface area contributed by atoms with Gasteiger partial charge in [0, 0.05) is 25.2 Å². The predicted octanol–water partition coefficient (Wildman–Crippen LogP) is 2.76. The SMILES string of the molecule is O=C1NC(=S)S/C1=C\c1ccc(N2CCCCC2)o1. The van der Waals surface area contributed by atoms with E-state index >= 15 is 0 Å². The predicted molar refractivity (Wildman–Crippen MR) is 81.1 cm³/mol. The Bertz CT molecular complexity index is 545. The Kier molecular flexibility index (Phi) is 3.61. The number of anilines is 1. The second-order valence-corrected chi connectivity index (χ2v) is 6.29. The smallest absolute Gasteiger partial charge is 0.263 e. The zero-order valence-electron chi connectivity index (χ0n) is 10.3. The molecule has 0 saturated carbocycles. The van der Waals surface area contributed by atoms with E-state index in [9.17, 15) is 4.79 Å². The molecule has 2 fully saturated rings. The Balaban J connectivity index is 1.76. The van der Waals surface area contributed by atoms with Gasteiger partial charge in [0.1, 0.15) is 10.1 Å². The molecule has 1 aromatic heterocycles. The number of nitrogens with one attached hydrogen (secondary N) is 1. The Morgan fingerprint density at radius 3 is 2.79 bits per heavy atom. The van der Waals surface area contributed by atoms with Crippen LogP contribution in [0, 0.1) is 0 Å². The number of hydrogen-bond donors (Lipinski definition) is 1. The van der Waals surface area contributed by atoms with Crippen LogP contribution in [0.1, 0.15) is 25.0 Å². The van der Waals surface area contributed by atoms with Crippen molar-refractivity contribution in [1.29, 1.82) is 0 Å². The van der Waals surface area contributed by atoms with E-state index in [-0.39, 0.29) is 5.91 Å². The van der Waals surface area contributed by atoms with Crippen LogP contribution in [-0.4, -0.2) is 23.3 Å². The first-order valence-electron chi connectivity index (χ1n) is 6.32. The average Bonchev–Trinajstić information content (AvgIpc) is 2.99. The van der Waals surface area contributed by atoms with Gasteiger partial charge < -0.3 is 14.6 Å². The zero-order chi connectivity index (χ0) is 13.2. The van der Waals surface area contributed by atoms with Gasteiger partial charge in [-0.15, -0.1) is 0 Å². The van der Waals surface area contributed by atoms with Crippen molar-refractivity contribution in [3.05, 3.63) is 22.8 Å². The number of thioether (sulfide) groups is 1. The highest BCUT2D eigenvalue weighted by atomic mass is 32.2. The first-order valence-corrected chi connectivity index (χ1v) is 7.54. The summed E-state index contributed by atoms with van der Waals surface area (Å²) in [6.07, 6.45) is 5.46. The number of nitrogens with zero attached hydrogens (tertiary/aromatic N) is 1. The molecule has 0 atom stereocenters. The van der Waals surface area contributed by atoms with E-state index in [1.165, 1.54) is 31.0 Å². The first-order chi connectivity index (χ1) is 9.22. The minimum absolute atomic E-state index is 0.147. The van der Waals surface area contributed by atoms with E-state index in [4.69, 9.17) is 16.6 Å². The van der Waals surface area contributed by atoms with Crippen molar-refractivity contribution in [3.63, 3.8) is 0 Å². The lowest BCUT2D eigenvalue weighted by molar-refractivity contribution is -0.115.